The van der Waals surface area contributed by atoms with Crippen molar-refractivity contribution in [2.24, 2.45) is 4.99 Å². The predicted octanol–water partition coefficient (Wildman–Crippen LogP) is 3.19. The minimum atomic E-state index is -0.165. The summed E-state index contributed by atoms with van der Waals surface area (Å²) in [5.41, 5.74) is 2.19. The van der Waals surface area contributed by atoms with Crippen LogP contribution in [-0.4, -0.2) is 32.6 Å². The van der Waals surface area contributed by atoms with Gasteiger partial charge in [-0.2, -0.15) is 0 Å². The Bertz CT molecular complexity index is 909. The lowest BCUT2D eigenvalue weighted by Gasteiger charge is -2.20. The van der Waals surface area contributed by atoms with Crippen molar-refractivity contribution in [3.8, 4) is 5.75 Å². The molecular weight excluding hydrogens is 371 g/mol. The van der Waals surface area contributed by atoms with E-state index in [2.05, 4.69) is 20.9 Å². The van der Waals surface area contributed by atoms with Crippen LogP contribution in [0.3, 0.4) is 0 Å². The van der Waals surface area contributed by atoms with Crippen molar-refractivity contribution < 1.29 is 13.9 Å². The Morgan fingerprint density at radius 3 is 2.59 bits per heavy atom. The Kier molecular flexibility index (Phi) is 6.36. The average Bonchev–Trinajstić information content (AvgIpc) is 3.49. The number of nitrogens with zero attached hydrogens (tertiary/aromatic N) is 1. The summed E-state index contributed by atoms with van der Waals surface area (Å²) >= 11 is 0. The van der Waals surface area contributed by atoms with E-state index >= 15 is 0 Å². The van der Waals surface area contributed by atoms with E-state index in [4.69, 9.17) is 4.74 Å². The topological polar surface area (TPSA) is 74.8 Å². The Hall–Kier alpha value is -3.09. The largest absolute Gasteiger partial charge is 0.495 e. The number of anilines is 1. The standard InChI is InChI=1S/C22H27FN4O2/c1-15(28)27-19-12-16(8-9-20(19)29-3)13-25-21(24-2)26-14-22(10-11-22)17-6-4-5-7-18(17)23/h4-9,12H,10-11,13-14H2,1-3H3,(H,27,28)(H2,24,25,26). The van der Waals surface area contributed by atoms with Crippen LogP contribution in [0.15, 0.2) is 47.5 Å². The van der Waals surface area contributed by atoms with Crippen LogP contribution in [0, 0.1) is 5.82 Å². The SMILES string of the molecule is CN=C(NCc1ccc(OC)c(NC(C)=O)c1)NCC1(c2ccccc2F)CC1. The number of carbonyl (C=O) groups is 1. The molecule has 0 atom stereocenters. The van der Waals surface area contributed by atoms with Crippen LogP contribution in [0.5, 0.6) is 5.75 Å². The molecule has 2 aromatic rings. The zero-order valence-corrected chi connectivity index (χ0v) is 17.0. The molecule has 29 heavy (non-hydrogen) atoms. The zero-order valence-electron chi connectivity index (χ0n) is 17.0. The molecule has 0 heterocycles. The van der Waals surface area contributed by atoms with Gasteiger partial charge in [0.25, 0.3) is 0 Å². The van der Waals surface area contributed by atoms with Crippen LogP contribution >= 0.6 is 0 Å². The number of guanidine groups is 1. The monoisotopic (exact) mass is 398 g/mol. The first kappa shape index (κ1) is 20.6. The maximum absolute atomic E-state index is 14.2. The second-order valence-electron chi connectivity index (χ2n) is 7.26. The van der Waals surface area contributed by atoms with Gasteiger partial charge in [-0.3, -0.25) is 9.79 Å². The third-order valence-electron chi connectivity index (χ3n) is 5.15. The molecule has 3 N–H and O–H groups in total. The molecule has 6 nitrogen and oxygen atoms in total. The Morgan fingerprint density at radius 1 is 1.21 bits per heavy atom. The van der Waals surface area contributed by atoms with Gasteiger partial charge in [0.2, 0.25) is 5.91 Å². The summed E-state index contributed by atoms with van der Waals surface area (Å²) in [6.07, 6.45) is 1.91. The minimum Gasteiger partial charge on any atom is -0.495 e. The van der Waals surface area contributed by atoms with Gasteiger partial charge < -0.3 is 20.7 Å². The number of nitrogens with one attached hydrogen (secondary N) is 3. The van der Waals surface area contributed by atoms with E-state index in [9.17, 15) is 9.18 Å². The molecule has 0 saturated heterocycles. The normalized spacial score (nSPS) is 14.8. The second-order valence-corrected chi connectivity index (χ2v) is 7.26. The van der Waals surface area contributed by atoms with Gasteiger partial charge in [0.1, 0.15) is 11.6 Å². The minimum absolute atomic E-state index is 0.154. The average molecular weight is 398 g/mol. The fourth-order valence-corrected chi connectivity index (χ4v) is 3.40. The number of rotatable bonds is 7. The number of benzene rings is 2. The molecule has 0 unspecified atom stereocenters. The number of hydrogen-bond donors (Lipinski definition) is 3. The molecule has 1 aliphatic carbocycles. The van der Waals surface area contributed by atoms with Gasteiger partial charge in [0, 0.05) is 32.5 Å². The summed E-state index contributed by atoms with van der Waals surface area (Å²) in [4.78, 5) is 15.7. The number of ether oxygens (including phenoxy) is 1. The summed E-state index contributed by atoms with van der Waals surface area (Å²) in [6.45, 7) is 2.59. The molecule has 0 bridgehead atoms. The zero-order chi connectivity index (χ0) is 20.9. The highest BCUT2D eigenvalue weighted by Crippen LogP contribution is 2.48. The molecule has 2 aromatic carbocycles. The number of halogens is 1. The first-order valence-electron chi connectivity index (χ1n) is 9.61. The van der Waals surface area contributed by atoms with Crippen LogP contribution in [0.1, 0.15) is 30.9 Å². The van der Waals surface area contributed by atoms with E-state index in [1.54, 1.807) is 20.2 Å². The van der Waals surface area contributed by atoms with Crippen molar-refractivity contribution >= 4 is 17.6 Å². The van der Waals surface area contributed by atoms with Gasteiger partial charge in [-0.05, 0) is 42.2 Å². The number of hydrogen-bond acceptors (Lipinski definition) is 3. The van der Waals surface area contributed by atoms with E-state index < -0.39 is 0 Å². The highest BCUT2D eigenvalue weighted by molar-refractivity contribution is 5.90. The van der Waals surface area contributed by atoms with Crippen molar-refractivity contribution in [2.75, 3.05) is 26.0 Å². The molecule has 0 aliphatic heterocycles. The molecular formula is C22H27FN4O2. The molecule has 1 fully saturated rings. The quantitative estimate of drug-likeness (QED) is 0.495. The van der Waals surface area contributed by atoms with Crippen LogP contribution in [-0.2, 0) is 16.8 Å². The highest BCUT2D eigenvalue weighted by atomic mass is 19.1. The fraction of sp³-hybridized carbons (Fsp3) is 0.364. The van der Waals surface area contributed by atoms with Crippen molar-refractivity contribution in [3.05, 3.63) is 59.4 Å². The molecule has 1 aliphatic rings. The van der Waals surface area contributed by atoms with Crippen molar-refractivity contribution in [1.29, 1.82) is 0 Å². The molecule has 7 heteroatoms. The summed E-state index contributed by atoms with van der Waals surface area (Å²) < 4.78 is 19.5. The summed E-state index contributed by atoms with van der Waals surface area (Å²) in [6, 6.07) is 12.6. The Morgan fingerprint density at radius 2 is 1.97 bits per heavy atom. The van der Waals surface area contributed by atoms with Gasteiger partial charge in [-0.1, -0.05) is 24.3 Å². The second kappa shape index (κ2) is 8.94. The lowest BCUT2D eigenvalue weighted by atomic mass is 9.95. The first-order valence-corrected chi connectivity index (χ1v) is 9.61. The van der Waals surface area contributed by atoms with E-state index in [-0.39, 0.29) is 17.1 Å². The third-order valence-corrected chi connectivity index (χ3v) is 5.15. The molecule has 0 radical (unpaired) electrons. The molecule has 0 aromatic heterocycles. The smallest absolute Gasteiger partial charge is 0.221 e. The van der Waals surface area contributed by atoms with Crippen molar-refractivity contribution in [2.45, 2.75) is 31.7 Å². The molecule has 1 saturated carbocycles. The van der Waals surface area contributed by atoms with Crippen LogP contribution in [0.25, 0.3) is 0 Å². The van der Waals surface area contributed by atoms with E-state index in [0.717, 1.165) is 24.0 Å². The van der Waals surface area contributed by atoms with Crippen molar-refractivity contribution in [1.82, 2.24) is 10.6 Å². The Labute approximate surface area is 170 Å². The van der Waals surface area contributed by atoms with Crippen LogP contribution in [0.2, 0.25) is 0 Å². The van der Waals surface area contributed by atoms with E-state index in [1.165, 1.54) is 13.0 Å². The van der Waals surface area contributed by atoms with E-state index in [1.807, 2.05) is 30.3 Å². The van der Waals surface area contributed by atoms with Gasteiger partial charge in [0.05, 0.1) is 12.8 Å². The number of amides is 1. The number of aliphatic imine (C=N–C) groups is 1. The van der Waals surface area contributed by atoms with Crippen LogP contribution < -0.4 is 20.7 Å². The van der Waals surface area contributed by atoms with Gasteiger partial charge >= 0.3 is 0 Å². The maximum Gasteiger partial charge on any atom is 0.221 e. The highest BCUT2D eigenvalue weighted by Gasteiger charge is 2.45. The van der Waals surface area contributed by atoms with Gasteiger partial charge in [-0.15, -0.1) is 0 Å². The summed E-state index contributed by atoms with van der Waals surface area (Å²) in [5.74, 6) is 0.934. The van der Waals surface area contributed by atoms with E-state index in [0.29, 0.717) is 30.5 Å². The summed E-state index contributed by atoms with van der Waals surface area (Å²) in [7, 11) is 3.27. The lowest BCUT2D eigenvalue weighted by molar-refractivity contribution is -0.114. The predicted molar refractivity (Wildman–Crippen MR) is 113 cm³/mol. The number of methoxy groups -OCH3 is 1. The van der Waals surface area contributed by atoms with Gasteiger partial charge in [0.15, 0.2) is 5.96 Å². The fourth-order valence-electron chi connectivity index (χ4n) is 3.40. The lowest BCUT2D eigenvalue weighted by Crippen LogP contribution is -2.41. The Balaban J connectivity index is 1.60. The molecule has 154 valence electrons. The van der Waals surface area contributed by atoms with Gasteiger partial charge in [-0.25, -0.2) is 4.39 Å². The molecule has 0 spiro atoms. The van der Waals surface area contributed by atoms with Crippen molar-refractivity contribution in [3.63, 3.8) is 0 Å². The maximum atomic E-state index is 14.2. The third kappa shape index (κ3) is 5.04. The first-order chi connectivity index (χ1) is 14.0. The van der Waals surface area contributed by atoms with Crippen LogP contribution in [0.4, 0.5) is 10.1 Å². The number of carbonyl (C=O) groups excluding carboxylic acids is 1. The molecule has 1 amide bonds. The summed E-state index contributed by atoms with van der Waals surface area (Å²) in [5, 5.41) is 9.35. The molecule has 3 rings (SSSR count).